The van der Waals surface area contributed by atoms with Crippen LogP contribution in [-0.2, 0) is 0 Å². The molecule has 2 aromatic rings. The van der Waals surface area contributed by atoms with E-state index in [4.69, 9.17) is 4.74 Å². The van der Waals surface area contributed by atoms with Gasteiger partial charge in [-0.25, -0.2) is 4.31 Å². The molecule has 0 bridgehead atoms. The molecule has 0 radical (unpaired) electrons. The zero-order valence-corrected chi connectivity index (χ0v) is 15.4. The maximum atomic E-state index is 11.0. The largest absolute Gasteiger partial charge is 0.467 e. The molecule has 136 valence electrons. The van der Waals surface area contributed by atoms with Gasteiger partial charge < -0.3 is 10.1 Å². The van der Waals surface area contributed by atoms with E-state index in [0.717, 1.165) is 18.7 Å². The van der Waals surface area contributed by atoms with Crippen LogP contribution in [0.3, 0.4) is 0 Å². The van der Waals surface area contributed by atoms with Gasteiger partial charge in [-0.15, -0.1) is 0 Å². The third-order valence-corrected chi connectivity index (χ3v) is 6.11. The van der Waals surface area contributed by atoms with Crippen molar-refractivity contribution in [2.45, 2.75) is 38.2 Å². The number of benzene rings is 2. The SMILES string of the molecule is CC(C)NCCCC1Oc2ccccc2N(c2ccccc2)S1(O)O. The molecular formula is C19H26N2O3S. The van der Waals surface area contributed by atoms with Crippen LogP contribution in [0.25, 0.3) is 0 Å². The van der Waals surface area contributed by atoms with Crippen molar-refractivity contribution in [2.24, 2.45) is 0 Å². The van der Waals surface area contributed by atoms with E-state index in [1.165, 1.54) is 0 Å². The van der Waals surface area contributed by atoms with Crippen LogP contribution in [0, 0.1) is 0 Å². The fourth-order valence-electron chi connectivity index (χ4n) is 2.93. The van der Waals surface area contributed by atoms with Crippen molar-refractivity contribution < 1.29 is 13.8 Å². The number of hydrogen-bond acceptors (Lipinski definition) is 5. The number of para-hydroxylation sites is 3. The normalized spacial score (nSPS) is 20.0. The van der Waals surface area contributed by atoms with Crippen LogP contribution in [0.1, 0.15) is 26.7 Å². The van der Waals surface area contributed by atoms with Crippen molar-refractivity contribution in [3.05, 3.63) is 54.6 Å². The highest BCUT2D eigenvalue weighted by molar-refractivity contribution is 8.26. The van der Waals surface area contributed by atoms with Crippen LogP contribution in [0.5, 0.6) is 5.75 Å². The van der Waals surface area contributed by atoms with Crippen molar-refractivity contribution in [3.63, 3.8) is 0 Å². The molecule has 5 nitrogen and oxygen atoms in total. The highest BCUT2D eigenvalue weighted by Gasteiger charge is 2.40. The lowest BCUT2D eigenvalue weighted by Gasteiger charge is -2.51. The number of nitrogens with zero attached hydrogens (tertiary/aromatic N) is 1. The minimum atomic E-state index is -3.15. The van der Waals surface area contributed by atoms with E-state index in [2.05, 4.69) is 19.2 Å². The molecule has 1 heterocycles. The van der Waals surface area contributed by atoms with E-state index in [1.54, 1.807) is 4.31 Å². The Labute approximate surface area is 151 Å². The lowest BCUT2D eigenvalue weighted by molar-refractivity contribution is 0.235. The fourth-order valence-corrected chi connectivity index (χ4v) is 4.75. The first-order valence-corrected chi connectivity index (χ1v) is 10.2. The Bertz CT molecular complexity index is 694. The number of hydrogen-bond donors (Lipinski definition) is 3. The Morgan fingerprint density at radius 3 is 2.48 bits per heavy atom. The van der Waals surface area contributed by atoms with Crippen LogP contribution in [-0.4, -0.2) is 27.1 Å². The van der Waals surface area contributed by atoms with Gasteiger partial charge in [-0.05, 0) is 37.2 Å². The second kappa shape index (κ2) is 7.66. The maximum absolute atomic E-state index is 11.0. The number of anilines is 2. The van der Waals surface area contributed by atoms with Crippen molar-refractivity contribution in [3.8, 4) is 5.75 Å². The highest BCUT2D eigenvalue weighted by Crippen LogP contribution is 2.61. The van der Waals surface area contributed by atoms with Crippen LogP contribution >= 0.6 is 10.8 Å². The summed E-state index contributed by atoms with van der Waals surface area (Å²) >= 11 is 0. The minimum absolute atomic E-state index is 0.411. The second-order valence-electron chi connectivity index (χ2n) is 6.46. The van der Waals surface area contributed by atoms with Gasteiger partial charge in [-0.1, -0.05) is 55.0 Å². The van der Waals surface area contributed by atoms with Gasteiger partial charge >= 0.3 is 0 Å². The zero-order chi connectivity index (χ0) is 17.9. The molecular weight excluding hydrogens is 336 g/mol. The Morgan fingerprint density at radius 2 is 1.76 bits per heavy atom. The summed E-state index contributed by atoms with van der Waals surface area (Å²) in [6.45, 7) is 5.01. The van der Waals surface area contributed by atoms with E-state index < -0.39 is 16.2 Å². The van der Waals surface area contributed by atoms with E-state index in [0.29, 0.717) is 23.9 Å². The molecule has 0 amide bonds. The first-order chi connectivity index (χ1) is 12.0. The van der Waals surface area contributed by atoms with Gasteiger partial charge in [0.1, 0.15) is 11.4 Å². The summed E-state index contributed by atoms with van der Waals surface area (Å²) in [4.78, 5) is 0. The molecule has 6 heteroatoms. The van der Waals surface area contributed by atoms with Crippen LogP contribution in [0.2, 0.25) is 0 Å². The summed E-state index contributed by atoms with van der Waals surface area (Å²) in [6, 6.07) is 17.4. The molecule has 3 rings (SSSR count). The van der Waals surface area contributed by atoms with Gasteiger partial charge in [0.25, 0.3) is 0 Å². The van der Waals surface area contributed by atoms with Gasteiger partial charge in [0.05, 0.1) is 5.69 Å². The summed E-state index contributed by atoms with van der Waals surface area (Å²) in [7, 11) is -3.15. The molecule has 3 N–H and O–H groups in total. The zero-order valence-electron chi connectivity index (χ0n) is 14.6. The quantitative estimate of drug-likeness (QED) is 0.632. The van der Waals surface area contributed by atoms with Gasteiger partial charge in [-0.3, -0.25) is 9.11 Å². The predicted molar refractivity (Wildman–Crippen MR) is 105 cm³/mol. The molecule has 0 aliphatic carbocycles. The molecule has 0 spiro atoms. The van der Waals surface area contributed by atoms with E-state index in [1.807, 2.05) is 54.6 Å². The first-order valence-electron chi connectivity index (χ1n) is 8.61. The number of ether oxygens (including phenoxy) is 1. The van der Waals surface area contributed by atoms with Crippen molar-refractivity contribution in [1.82, 2.24) is 5.32 Å². The van der Waals surface area contributed by atoms with Gasteiger partial charge in [0.2, 0.25) is 5.44 Å². The molecule has 1 aliphatic rings. The molecule has 1 unspecified atom stereocenters. The Morgan fingerprint density at radius 1 is 1.08 bits per heavy atom. The summed E-state index contributed by atoms with van der Waals surface area (Å²) in [5, 5.41) is 3.35. The predicted octanol–water partition coefficient (Wildman–Crippen LogP) is 4.99. The summed E-state index contributed by atoms with van der Waals surface area (Å²) in [6.07, 6.45) is 1.38. The molecule has 25 heavy (non-hydrogen) atoms. The Balaban J connectivity index is 1.88. The van der Waals surface area contributed by atoms with Crippen LogP contribution in [0.15, 0.2) is 54.6 Å². The summed E-state index contributed by atoms with van der Waals surface area (Å²) in [5.41, 5.74) is 0.783. The third-order valence-electron chi connectivity index (χ3n) is 4.12. The van der Waals surface area contributed by atoms with Gasteiger partial charge in [-0.2, -0.15) is 0 Å². The van der Waals surface area contributed by atoms with Gasteiger partial charge in [0, 0.05) is 12.5 Å². The topological polar surface area (TPSA) is 65.0 Å². The average molecular weight is 362 g/mol. The molecule has 1 atom stereocenters. The molecule has 0 fully saturated rings. The molecule has 1 aliphatic heterocycles. The number of fused-ring (bicyclic) bond motifs is 1. The number of nitrogens with one attached hydrogen (secondary N) is 1. The van der Waals surface area contributed by atoms with E-state index in [-0.39, 0.29) is 0 Å². The minimum Gasteiger partial charge on any atom is -0.467 e. The van der Waals surface area contributed by atoms with Crippen LogP contribution in [0.4, 0.5) is 11.4 Å². The molecule has 2 aromatic carbocycles. The molecule has 0 aromatic heterocycles. The number of rotatable bonds is 6. The van der Waals surface area contributed by atoms with Crippen molar-refractivity contribution in [1.29, 1.82) is 0 Å². The first kappa shape index (κ1) is 18.1. The van der Waals surface area contributed by atoms with Crippen LogP contribution < -0.4 is 14.4 Å². The van der Waals surface area contributed by atoms with E-state index in [9.17, 15) is 9.11 Å². The van der Waals surface area contributed by atoms with Gasteiger partial charge in [0.15, 0.2) is 0 Å². The summed E-state index contributed by atoms with van der Waals surface area (Å²) in [5.74, 6) is 0.680. The lowest BCUT2D eigenvalue weighted by Crippen LogP contribution is -2.39. The fraction of sp³-hybridized carbons (Fsp3) is 0.368. The average Bonchev–Trinajstić information content (AvgIpc) is 2.59. The van der Waals surface area contributed by atoms with Crippen molar-refractivity contribution in [2.75, 3.05) is 10.8 Å². The summed E-state index contributed by atoms with van der Waals surface area (Å²) < 4.78 is 29.6. The standard InChI is InChI=1S/C19H26N2O3S/c1-15(2)20-14-8-13-19-24-18-12-7-6-11-17(18)21(25(19,22)23)16-9-4-3-5-10-16/h3-7,9-12,15,19-20,22-23H,8,13-14H2,1-2H3. The Hall–Kier alpha value is -1.73. The van der Waals surface area contributed by atoms with E-state index >= 15 is 0 Å². The lowest BCUT2D eigenvalue weighted by atomic mass is 10.2. The van der Waals surface area contributed by atoms with Crippen molar-refractivity contribution >= 4 is 22.2 Å². The smallest absolute Gasteiger partial charge is 0.206 e. The Kier molecular flexibility index (Phi) is 5.54. The third kappa shape index (κ3) is 3.93. The highest BCUT2D eigenvalue weighted by atomic mass is 32.3. The maximum Gasteiger partial charge on any atom is 0.206 e. The molecule has 0 saturated heterocycles. The second-order valence-corrected chi connectivity index (χ2v) is 8.47. The monoisotopic (exact) mass is 362 g/mol. The molecule has 0 saturated carbocycles.